The van der Waals surface area contributed by atoms with Crippen LogP contribution >= 0.6 is 0 Å². The molecule has 0 amide bonds. The average Bonchev–Trinajstić information content (AvgIpc) is 3.27. The predicted molar refractivity (Wildman–Crippen MR) is 96.2 cm³/mol. The van der Waals surface area contributed by atoms with E-state index in [9.17, 15) is 5.11 Å². The van der Waals surface area contributed by atoms with E-state index in [1.807, 2.05) is 4.52 Å². The lowest BCUT2D eigenvalue weighted by atomic mass is 9.91. The molecule has 0 atom stereocenters. The summed E-state index contributed by atoms with van der Waals surface area (Å²) in [6.45, 7) is 4.10. The number of nitrogens with zero attached hydrogens (tertiary/aromatic N) is 5. The number of aliphatic hydroxyl groups is 1. The predicted octanol–water partition coefficient (Wildman–Crippen LogP) is 1.33. The molecule has 2 saturated heterocycles. The van der Waals surface area contributed by atoms with Gasteiger partial charge in [0.2, 0.25) is 0 Å². The van der Waals surface area contributed by atoms with Crippen LogP contribution in [0.3, 0.4) is 0 Å². The molecule has 3 aliphatic rings. The molecule has 2 aliphatic heterocycles. The van der Waals surface area contributed by atoms with Crippen molar-refractivity contribution in [2.24, 2.45) is 0 Å². The van der Waals surface area contributed by atoms with Gasteiger partial charge in [0.15, 0.2) is 11.5 Å². The summed E-state index contributed by atoms with van der Waals surface area (Å²) in [5, 5.41) is 24.4. The summed E-state index contributed by atoms with van der Waals surface area (Å²) in [7, 11) is 0. The second kappa shape index (κ2) is 6.55. The lowest BCUT2D eigenvalue weighted by Crippen LogP contribution is -2.48. The Hall–Kier alpha value is -1.57. The maximum Gasteiger partial charge on any atom is 0.178 e. The van der Waals surface area contributed by atoms with E-state index < -0.39 is 5.60 Å². The van der Waals surface area contributed by atoms with Gasteiger partial charge in [-0.25, -0.2) is 0 Å². The Morgan fingerprint density at radius 2 is 1.96 bits per heavy atom. The Labute approximate surface area is 153 Å². The van der Waals surface area contributed by atoms with Crippen molar-refractivity contribution < 1.29 is 9.84 Å². The topological polar surface area (TPSA) is 75.8 Å². The first-order chi connectivity index (χ1) is 12.7. The number of aromatic nitrogens is 4. The molecule has 26 heavy (non-hydrogen) atoms. The van der Waals surface area contributed by atoms with E-state index in [-0.39, 0.29) is 0 Å². The lowest BCUT2D eigenvalue weighted by molar-refractivity contribution is -0.0821. The van der Waals surface area contributed by atoms with Crippen molar-refractivity contribution in [2.45, 2.75) is 56.5 Å². The monoisotopic (exact) mass is 357 g/mol. The van der Waals surface area contributed by atoms with Gasteiger partial charge in [-0.15, -0.1) is 10.2 Å². The SMILES string of the molecule is OC1(CN2CCC(c3nnc4cc5c(nn34)CCC5)CC2)CCOCC1. The molecule has 2 aromatic heterocycles. The van der Waals surface area contributed by atoms with Crippen molar-refractivity contribution in [3.63, 3.8) is 0 Å². The number of hydrogen-bond donors (Lipinski definition) is 1. The van der Waals surface area contributed by atoms with Gasteiger partial charge in [-0.1, -0.05) is 0 Å². The van der Waals surface area contributed by atoms with Crippen molar-refractivity contribution in [1.29, 1.82) is 0 Å². The minimum absolute atomic E-state index is 0.400. The maximum atomic E-state index is 10.7. The van der Waals surface area contributed by atoms with Crippen LogP contribution in [0.15, 0.2) is 6.07 Å². The van der Waals surface area contributed by atoms with E-state index in [0.717, 1.165) is 69.6 Å². The van der Waals surface area contributed by atoms with Gasteiger partial charge < -0.3 is 14.7 Å². The molecule has 7 heteroatoms. The molecule has 140 valence electrons. The van der Waals surface area contributed by atoms with Crippen LogP contribution in [0.1, 0.15) is 55.1 Å². The van der Waals surface area contributed by atoms with Crippen LogP contribution in [0.25, 0.3) is 5.65 Å². The summed E-state index contributed by atoms with van der Waals surface area (Å²) < 4.78 is 7.37. The summed E-state index contributed by atoms with van der Waals surface area (Å²) in [5.41, 5.74) is 2.88. The molecule has 0 aromatic carbocycles. The third kappa shape index (κ3) is 3.02. The number of likely N-dealkylation sites (tertiary alicyclic amines) is 1. The summed E-state index contributed by atoms with van der Waals surface area (Å²) in [4.78, 5) is 2.40. The lowest BCUT2D eigenvalue weighted by Gasteiger charge is -2.39. The normalized spacial score (nSPS) is 24.2. The highest BCUT2D eigenvalue weighted by Crippen LogP contribution is 2.30. The first-order valence-corrected chi connectivity index (χ1v) is 9.97. The molecule has 1 aliphatic carbocycles. The molecule has 0 radical (unpaired) electrons. The number of rotatable bonds is 3. The Kier molecular flexibility index (Phi) is 4.18. The number of piperidine rings is 1. The third-order valence-corrected chi connectivity index (χ3v) is 6.34. The van der Waals surface area contributed by atoms with Gasteiger partial charge in [-0.05, 0) is 56.8 Å². The highest BCUT2D eigenvalue weighted by Gasteiger charge is 2.34. The van der Waals surface area contributed by atoms with E-state index in [1.54, 1.807) is 0 Å². The van der Waals surface area contributed by atoms with Crippen LogP contribution in [0, 0.1) is 0 Å². The molecule has 0 bridgehead atoms. The van der Waals surface area contributed by atoms with E-state index in [1.165, 1.54) is 17.7 Å². The van der Waals surface area contributed by atoms with Crippen molar-refractivity contribution in [3.05, 3.63) is 23.1 Å². The molecular weight excluding hydrogens is 330 g/mol. The minimum atomic E-state index is -0.575. The number of aryl methyl sites for hydroxylation is 2. The van der Waals surface area contributed by atoms with Gasteiger partial charge in [-0.3, -0.25) is 0 Å². The molecule has 4 heterocycles. The van der Waals surface area contributed by atoms with Crippen LogP contribution in [0.4, 0.5) is 0 Å². The van der Waals surface area contributed by atoms with Crippen molar-refractivity contribution in [3.8, 4) is 0 Å². The van der Waals surface area contributed by atoms with Crippen LogP contribution in [-0.4, -0.2) is 68.3 Å². The zero-order valence-electron chi connectivity index (χ0n) is 15.2. The first kappa shape index (κ1) is 16.6. The summed E-state index contributed by atoms with van der Waals surface area (Å²) in [5.74, 6) is 1.41. The molecule has 5 rings (SSSR count). The Balaban J connectivity index is 1.27. The Morgan fingerprint density at radius 1 is 1.15 bits per heavy atom. The van der Waals surface area contributed by atoms with Gasteiger partial charge in [0.1, 0.15) is 0 Å². The van der Waals surface area contributed by atoms with Crippen LogP contribution in [-0.2, 0) is 17.6 Å². The van der Waals surface area contributed by atoms with Crippen molar-refractivity contribution in [2.75, 3.05) is 32.8 Å². The summed E-state index contributed by atoms with van der Waals surface area (Å²) in [6, 6.07) is 2.17. The fourth-order valence-electron chi connectivity index (χ4n) is 4.72. The second-order valence-electron chi connectivity index (χ2n) is 8.19. The molecule has 2 fully saturated rings. The largest absolute Gasteiger partial charge is 0.388 e. The molecule has 0 saturated carbocycles. The van der Waals surface area contributed by atoms with Crippen molar-refractivity contribution in [1.82, 2.24) is 24.7 Å². The van der Waals surface area contributed by atoms with Crippen LogP contribution < -0.4 is 0 Å². The summed E-state index contributed by atoms with van der Waals surface area (Å²) in [6.07, 6.45) is 6.98. The number of hydrogen-bond acceptors (Lipinski definition) is 6. The van der Waals surface area contributed by atoms with E-state index in [4.69, 9.17) is 9.84 Å². The highest BCUT2D eigenvalue weighted by atomic mass is 16.5. The molecule has 0 unspecified atom stereocenters. The number of fused-ring (bicyclic) bond motifs is 2. The van der Waals surface area contributed by atoms with E-state index >= 15 is 0 Å². The van der Waals surface area contributed by atoms with Gasteiger partial charge >= 0.3 is 0 Å². The summed E-state index contributed by atoms with van der Waals surface area (Å²) >= 11 is 0. The second-order valence-corrected chi connectivity index (χ2v) is 8.19. The fraction of sp³-hybridized carbons (Fsp3) is 0.737. The third-order valence-electron chi connectivity index (χ3n) is 6.34. The van der Waals surface area contributed by atoms with Crippen molar-refractivity contribution >= 4 is 5.65 Å². The van der Waals surface area contributed by atoms with Crippen LogP contribution in [0.2, 0.25) is 0 Å². The van der Waals surface area contributed by atoms with Crippen LogP contribution in [0.5, 0.6) is 0 Å². The Bertz CT molecular complexity index is 791. The van der Waals surface area contributed by atoms with E-state index in [2.05, 4.69) is 21.2 Å². The highest BCUT2D eigenvalue weighted by molar-refractivity contribution is 5.43. The van der Waals surface area contributed by atoms with E-state index in [0.29, 0.717) is 19.1 Å². The quantitative estimate of drug-likeness (QED) is 0.893. The Morgan fingerprint density at radius 3 is 2.77 bits per heavy atom. The minimum Gasteiger partial charge on any atom is -0.388 e. The molecule has 1 N–H and O–H groups in total. The smallest absolute Gasteiger partial charge is 0.178 e. The van der Waals surface area contributed by atoms with Gasteiger partial charge in [0.25, 0.3) is 0 Å². The number of ether oxygens (including phenoxy) is 1. The van der Waals surface area contributed by atoms with Gasteiger partial charge in [-0.2, -0.15) is 9.61 Å². The zero-order chi connectivity index (χ0) is 17.6. The van der Waals surface area contributed by atoms with Gasteiger partial charge in [0, 0.05) is 38.5 Å². The average molecular weight is 357 g/mol. The maximum absolute atomic E-state index is 10.7. The first-order valence-electron chi connectivity index (χ1n) is 9.97. The molecule has 0 spiro atoms. The molecule has 2 aromatic rings. The zero-order valence-corrected chi connectivity index (χ0v) is 15.2. The standard InChI is InChI=1S/C19H27N5O2/c25-19(6-10-26-11-7-19)13-23-8-4-14(5-9-23)18-21-20-17-12-15-2-1-3-16(15)22-24(17)18/h12,14,25H,1-11,13H2. The molecule has 7 nitrogen and oxygen atoms in total. The fourth-order valence-corrected chi connectivity index (χ4v) is 4.72. The van der Waals surface area contributed by atoms with Gasteiger partial charge in [0.05, 0.1) is 11.3 Å². The molecular formula is C19H27N5O2. The number of β-amino-alcohol motifs (C(OH)–C–C–N with tert-alkyl or cyclic N) is 1.